The lowest BCUT2D eigenvalue weighted by Gasteiger charge is -2.19. The molecular formula is C11H18N4O. The van der Waals surface area contributed by atoms with E-state index in [1.165, 1.54) is 0 Å². The summed E-state index contributed by atoms with van der Waals surface area (Å²) in [6.45, 7) is 6.34. The van der Waals surface area contributed by atoms with Crippen LogP contribution < -0.4 is 5.73 Å². The molecule has 2 heterocycles. The molecule has 0 unspecified atom stereocenters. The van der Waals surface area contributed by atoms with Gasteiger partial charge in [0.1, 0.15) is 12.4 Å². The molecule has 1 aliphatic rings. The van der Waals surface area contributed by atoms with Gasteiger partial charge in [0.2, 0.25) is 5.91 Å². The van der Waals surface area contributed by atoms with Crippen molar-refractivity contribution in [2.24, 2.45) is 5.41 Å². The zero-order valence-corrected chi connectivity index (χ0v) is 9.81. The Kier molecular flexibility index (Phi) is 2.61. The van der Waals surface area contributed by atoms with Crippen LogP contribution in [0.2, 0.25) is 0 Å². The fraction of sp³-hybridized carbons (Fsp3) is 0.636. The van der Waals surface area contributed by atoms with E-state index in [1.807, 2.05) is 4.90 Å². The Hall–Kier alpha value is -1.52. The molecule has 1 aromatic heterocycles. The monoisotopic (exact) mass is 222 g/mol. The first-order valence-electron chi connectivity index (χ1n) is 5.53. The van der Waals surface area contributed by atoms with Gasteiger partial charge in [0.25, 0.3) is 0 Å². The van der Waals surface area contributed by atoms with Crippen LogP contribution in [-0.4, -0.2) is 33.7 Å². The van der Waals surface area contributed by atoms with E-state index >= 15 is 0 Å². The van der Waals surface area contributed by atoms with Crippen LogP contribution in [0.25, 0.3) is 0 Å². The molecule has 0 radical (unpaired) electrons. The van der Waals surface area contributed by atoms with Crippen LogP contribution in [0.3, 0.4) is 0 Å². The van der Waals surface area contributed by atoms with E-state index in [0.717, 1.165) is 19.5 Å². The number of nitrogens with zero attached hydrogens (tertiary/aromatic N) is 3. The molecule has 1 aromatic rings. The topological polar surface area (TPSA) is 64.2 Å². The Morgan fingerprint density at radius 1 is 1.62 bits per heavy atom. The highest BCUT2D eigenvalue weighted by molar-refractivity contribution is 5.76. The molecule has 0 aliphatic carbocycles. The molecule has 2 N–H and O–H groups in total. The number of hydrogen-bond donors (Lipinski definition) is 1. The Balaban J connectivity index is 1.94. The van der Waals surface area contributed by atoms with E-state index in [1.54, 1.807) is 16.9 Å². The number of carbonyl (C=O) groups excluding carboxylic acids is 1. The lowest BCUT2D eigenvalue weighted by Crippen LogP contribution is -2.33. The molecule has 88 valence electrons. The fourth-order valence-corrected chi connectivity index (χ4v) is 2.03. The van der Waals surface area contributed by atoms with Gasteiger partial charge in [-0.3, -0.25) is 9.48 Å². The minimum Gasteiger partial charge on any atom is -0.382 e. The van der Waals surface area contributed by atoms with Gasteiger partial charge in [-0.05, 0) is 17.9 Å². The summed E-state index contributed by atoms with van der Waals surface area (Å²) in [6, 6.07) is 1.70. The number of nitrogen functional groups attached to an aromatic ring is 1. The highest BCUT2D eigenvalue weighted by Gasteiger charge is 2.31. The SMILES string of the molecule is CC1(C)CCN(C(=O)Cn2ccc(N)n2)C1. The highest BCUT2D eigenvalue weighted by Crippen LogP contribution is 2.28. The normalized spacial score (nSPS) is 19.0. The third kappa shape index (κ3) is 2.35. The van der Waals surface area contributed by atoms with Crippen LogP contribution in [0, 0.1) is 5.41 Å². The molecule has 1 aliphatic heterocycles. The van der Waals surface area contributed by atoms with Gasteiger partial charge in [0.05, 0.1) is 0 Å². The van der Waals surface area contributed by atoms with Crippen molar-refractivity contribution < 1.29 is 4.79 Å². The number of hydrogen-bond acceptors (Lipinski definition) is 3. The number of anilines is 1. The van der Waals surface area contributed by atoms with Crippen LogP contribution in [-0.2, 0) is 11.3 Å². The van der Waals surface area contributed by atoms with E-state index in [2.05, 4.69) is 18.9 Å². The second-order valence-electron chi connectivity index (χ2n) is 5.17. The molecule has 0 bridgehead atoms. The predicted octanol–water partition coefficient (Wildman–Crippen LogP) is 0.724. The number of rotatable bonds is 2. The van der Waals surface area contributed by atoms with Crippen LogP contribution >= 0.6 is 0 Å². The van der Waals surface area contributed by atoms with Crippen molar-refractivity contribution in [3.05, 3.63) is 12.3 Å². The van der Waals surface area contributed by atoms with Crippen LogP contribution in [0.1, 0.15) is 20.3 Å². The van der Waals surface area contributed by atoms with Gasteiger partial charge < -0.3 is 10.6 Å². The van der Waals surface area contributed by atoms with Gasteiger partial charge >= 0.3 is 0 Å². The van der Waals surface area contributed by atoms with Gasteiger partial charge in [0, 0.05) is 19.3 Å². The molecule has 16 heavy (non-hydrogen) atoms. The largest absolute Gasteiger partial charge is 0.382 e. The molecular weight excluding hydrogens is 204 g/mol. The third-order valence-electron chi connectivity index (χ3n) is 2.99. The first-order chi connectivity index (χ1) is 7.46. The van der Waals surface area contributed by atoms with E-state index < -0.39 is 0 Å². The predicted molar refractivity (Wildman–Crippen MR) is 61.6 cm³/mol. The van der Waals surface area contributed by atoms with Crippen LogP contribution in [0.4, 0.5) is 5.82 Å². The maximum absolute atomic E-state index is 11.9. The van der Waals surface area contributed by atoms with Gasteiger partial charge in [-0.2, -0.15) is 5.10 Å². The average Bonchev–Trinajstić information content (AvgIpc) is 2.72. The summed E-state index contributed by atoms with van der Waals surface area (Å²) >= 11 is 0. The van der Waals surface area contributed by atoms with E-state index in [4.69, 9.17) is 5.73 Å². The van der Waals surface area contributed by atoms with Crippen molar-refractivity contribution >= 4 is 11.7 Å². The zero-order chi connectivity index (χ0) is 11.8. The fourth-order valence-electron chi connectivity index (χ4n) is 2.03. The first-order valence-corrected chi connectivity index (χ1v) is 5.53. The zero-order valence-electron chi connectivity index (χ0n) is 9.81. The summed E-state index contributed by atoms with van der Waals surface area (Å²) in [5.74, 6) is 0.572. The third-order valence-corrected chi connectivity index (χ3v) is 2.99. The molecule has 5 heteroatoms. The first kappa shape index (κ1) is 11.0. The summed E-state index contributed by atoms with van der Waals surface area (Å²) in [5.41, 5.74) is 5.74. The highest BCUT2D eigenvalue weighted by atomic mass is 16.2. The number of aromatic nitrogens is 2. The summed E-state index contributed by atoms with van der Waals surface area (Å²) < 4.78 is 1.59. The smallest absolute Gasteiger partial charge is 0.244 e. The van der Waals surface area contributed by atoms with E-state index in [0.29, 0.717) is 5.82 Å². The Bertz CT molecular complexity index is 396. The van der Waals surface area contributed by atoms with Crippen molar-refractivity contribution in [3.63, 3.8) is 0 Å². The van der Waals surface area contributed by atoms with Gasteiger partial charge in [-0.15, -0.1) is 0 Å². The molecule has 1 fully saturated rings. The molecule has 5 nitrogen and oxygen atoms in total. The molecule has 1 amide bonds. The lowest BCUT2D eigenvalue weighted by atomic mass is 9.93. The number of carbonyl (C=O) groups is 1. The molecule has 2 rings (SSSR count). The van der Waals surface area contributed by atoms with Gasteiger partial charge in [0.15, 0.2) is 0 Å². The Morgan fingerprint density at radius 2 is 2.38 bits per heavy atom. The number of amides is 1. The van der Waals surface area contributed by atoms with Crippen molar-refractivity contribution in [1.82, 2.24) is 14.7 Å². The maximum Gasteiger partial charge on any atom is 0.244 e. The lowest BCUT2D eigenvalue weighted by molar-refractivity contribution is -0.131. The molecule has 0 spiro atoms. The van der Waals surface area contributed by atoms with Gasteiger partial charge in [-0.25, -0.2) is 0 Å². The van der Waals surface area contributed by atoms with Crippen molar-refractivity contribution in [2.45, 2.75) is 26.8 Å². The van der Waals surface area contributed by atoms with Crippen LogP contribution in [0.15, 0.2) is 12.3 Å². The second-order valence-corrected chi connectivity index (χ2v) is 5.17. The molecule has 1 saturated heterocycles. The summed E-state index contributed by atoms with van der Waals surface area (Å²) in [7, 11) is 0. The Morgan fingerprint density at radius 3 is 2.88 bits per heavy atom. The van der Waals surface area contributed by atoms with E-state index in [9.17, 15) is 4.79 Å². The standard InChI is InChI=1S/C11H18N4O/c1-11(2)4-6-14(8-11)10(16)7-15-5-3-9(12)13-15/h3,5H,4,6-8H2,1-2H3,(H2,12,13). The van der Waals surface area contributed by atoms with Gasteiger partial charge in [-0.1, -0.05) is 13.8 Å². The van der Waals surface area contributed by atoms with Crippen molar-refractivity contribution in [2.75, 3.05) is 18.8 Å². The quantitative estimate of drug-likeness (QED) is 0.802. The molecule has 0 saturated carbocycles. The summed E-state index contributed by atoms with van der Waals surface area (Å²) in [5, 5.41) is 4.01. The number of nitrogens with two attached hydrogens (primary N) is 1. The van der Waals surface area contributed by atoms with E-state index in [-0.39, 0.29) is 17.9 Å². The molecule has 0 aromatic carbocycles. The summed E-state index contributed by atoms with van der Waals surface area (Å²) in [6.07, 6.45) is 2.80. The molecule has 0 atom stereocenters. The van der Waals surface area contributed by atoms with Crippen molar-refractivity contribution in [3.8, 4) is 0 Å². The minimum atomic E-state index is 0.119. The van der Waals surface area contributed by atoms with Crippen molar-refractivity contribution in [1.29, 1.82) is 0 Å². The number of likely N-dealkylation sites (tertiary alicyclic amines) is 1. The second kappa shape index (κ2) is 3.81. The minimum absolute atomic E-state index is 0.119. The maximum atomic E-state index is 11.9. The van der Waals surface area contributed by atoms with Crippen LogP contribution in [0.5, 0.6) is 0 Å². The average molecular weight is 222 g/mol. The Labute approximate surface area is 95.2 Å². The summed E-state index contributed by atoms with van der Waals surface area (Å²) in [4.78, 5) is 13.8.